The summed E-state index contributed by atoms with van der Waals surface area (Å²) >= 11 is 0. The highest BCUT2D eigenvalue weighted by Crippen LogP contribution is 2.27. The summed E-state index contributed by atoms with van der Waals surface area (Å²) in [6.45, 7) is 2.94. The highest BCUT2D eigenvalue weighted by molar-refractivity contribution is 5.94. The molecule has 2 saturated heterocycles. The Balaban J connectivity index is 1.36. The summed E-state index contributed by atoms with van der Waals surface area (Å²) in [6, 6.07) is 13.5. The molecule has 1 N–H and O–H groups in total. The van der Waals surface area contributed by atoms with Gasteiger partial charge in [-0.15, -0.1) is 0 Å². The van der Waals surface area contributed by atoms with E-state index in [1.54, 1.807) is 6.20 Å². The molecule has 0 bridgehead atoms. The quantitative estimate of drug-likeness (QED) is 0.804. The molecule has 0 saturated carbocycles. The lowest BCUT2D eigenvalue weighted by Gasteiger charge is -2.33. The lowest BCUT2D eigenvalue weighted by atomic mass is 9.97. The number of carbonyl (C=O) groups is 1. The number of piperidine rings is 1. The molecule has 3 heterocycles. The Labute approximate surface area is 172 Å². The Morgan fingerprint density at radius 3 is 2.86 bits per heavy atom. The Bertz CT molecular complexity index is 793. The third kappa shape index (κ3) is 5.26. The minimum absolute atomic E-state index is 0.0376. The van der Waals surface area contributed by atoms with E-state index in [1.165, 1.54) is 6.42 Å². The fraction of sp³-hybridized carbons (Fsp3) is 0.478. The molecule has 29 heavy (non-hydrogen) atoms. The SMILES string of the molecule is O=C(Nc1ccccc1OC[C@@H]1CCCCO1)[C@H]1CCCN(c2ccccn2)C1. The van der Waals surface area contributed by atoms with Crippen molar-refractivity contribution >= 4 is 17.4 Å². The number of rotatable bonds is 6. The maximum atomic E-state index is 13.0. The molecule has 4 rings (SSSR count). The fourth-order valence-electron chi connectivity index (χ4n) is 3.99. The Kier molecular flexibility index (Phi) is 6.62. The number of nitrogens with one attached hydrogen (secondary N) is 1. The van der Waals surface area contributed by atoms with E-state index < -0.39 is 0 Å². The molecular weight excluding hydrogens is 366 g/mol. The molecule has 1 aromatic heterocycles. The molecule has 154 valence electrons. The molecule has 0 aliphatic carbocycles. The van der Waals surface area contributed by atoms with Crippen LogP contribution in [0.15, 0.2) is 48.7 Å². The van der Waals surface area contributed by atoms with Crippen LogP contribution in [0.4, 0.5) is 11.5 Å². The second-order valence-corrected chi connectivity index (χ2v) is 7.76. The van der Waals surface area contributed by atoms with Gasteiger partial charge in [-0.3, -0.25) is 4.79 Å². The first-order valence-electron chi connectivity index (χ1n) is 10.6. The van der Waals surface area contributed by atoms with Gasteiger partial charge in [-0.25, -0.2) is 4.98 Å². The second kappa shape index (κ2) is 9.74. The van der Waals surface area contributed by atoms with Crippen LogP contribution in [-0.2, 0) is 9.53 Å². The van der Waals surface area contributed by atoms with Gasteiger partial charge in [-0.2, -0.15) is 0 Å². The van der Waals surface area contributed by atoms with Gasteiger partial charge in [0.05, 0.1) is 17.7 Å². The maximum Gasteiger partial charge on any atom is 0.229 e. The average molecular weight is 396 g/mol. The number of para-hydroxylation sites is 2. The van der Waals surface area contributed by atoms with Crippen LogP contribution in [0.2, 0.25) is 0 Å². The Morgan fingerprint density at radius 1 is 1.14 bits per heavy atom. The van der Waals surface area contributed by atoms with Crippen molar-refractivity contribution < 1.29 is 14.3 Å². The molecular formula is C23H29N3O3. The molecule has 2 aromatic rings. The summed E-state index contributed by atoms with van der Waals surface area (Å²) in [5.41, 5.74) is 0.725. The highest BCUT2D eigenvalue weighted by atomic mass is 16.5. The van der Waals surface area contributed by atoms with Crippen LogP contribution in [0.3, 0.4) is 0 Å². The summed E-state index contributed by atoms with van der Waals surface area (Å²) in [5.74, 6) is 1.60. The van der Waals surface area contributed by atoms with Gasteiger partial charge in [0.15, 0.2) is 0 Å². The standard InChI is InChI=1S/C23H29N3O3/c27-23(18-8-7-14-26(16-18)22-12-3-5-13-24-22)25-20-10-1-2-11-21(20)29-17-19-9-4-6-15-28-19/h1-3,5,10-13,18-19H,4,6-9,14-17H2,(H,25,27)/t18-,19-/m0/s1. The van der Waals surface area contributed by atoms with Crippen LogP contribution in [0.1, 0.15) is 32.1 Å². The summed E-state index contributed by atoms with van der Waals surface area (Å²) in [6.07, 6.45) is 7.13. The van der Waals surface area contributed by atoms with Crippen LogP contribution in [0, 0.1) is 5.92 Å². The predicted molar refractivity (Wildman–Crippen MR) is 113 cm³/mol. The first-order chi connectivity index (χ1) is 14.3. The minimum Gasteiger partial charge on any atom is -0.489 e. The number of hydrogen-bond acceptors (Lipinski definition) is 5. The van der Waals surface area contributed by atoms with E-state index in [1.807, 2.05) is 42.5 Å². The van der Waals surface area contributed by atoms with Crippen molar-refractivity contribution in [3.8, 4) is 5.75 Å². The summed E-state index contributed by atoms with van der Waals surface area (Å²) in [5, 5.41) is 3.09. The monoisotopic (exact) mass is 395 g/mol. The molecule has 2 aliphatic heterocycles. The zero-order valence-corrected chi connectivity index (χ0v) is 16.8. The fourth-order valence-corrected chi connectivity index (χ4v) is 3.99. The topological polar surface area (TPSA) is 63.7 Å². The molecule has 6 heteroatoms. The largest absolute Gasteiger partial charge is 0.489 e. The van der Waals surface area contributed by atoms with E-state index in [9.17, 15) is 4.79 Å². The normalized spacial score (nSPS) is 22.1. The van der Waals surface area contributed by atoms with Gasteiger partial charge in [-0.05, 0) is 56.4 Å². The van der Waals surface area contributed by atoms with E-state index in [2.05, 4.69) is 15.2 Å². The molecule has 2 fully saturated rings. The van der Waals surface area contributed by atoms with Gasteiger partial charge >= 0.3 is 0 Å². The summed E-state index contributed by atoms with van der Waals surface area (Å²) < 4.78 is 11.7. The third-order valence-electron chi connectivity index (χ3n) is 5.61. The zero-order valence-electron chi connectivity index (χ0n) is 16.8. The number of pyridine rings is 1. The lowest BCUT2D eigenvalue weighted by Crippen LogP contribution is -2.41. The van der Waals surface area contributed by atoms with Crippen molar-refractivity contribution in [3.63, 3.8) is 0 Å². The highest BCUT2D eigenvalue weighted by Gasteiger charge is 2.27. The molecule has 1 aromatic carbocycles. The maximum absolute atomic E-state index is 13.0. The first-order valence-corrected chi connectivity index (χ1v) is 10.6. The van der Waals surface area contributed by atoms with Gasteiger partial charge < -0.3 is 19.7 Å². The number of anilines is 2. The van der Waals surface area contributed by atoms with E-state index in [-0.39, 0.29) is 17.9 Å². The third-order valence-corrected chi connectivity index (χ3v) is 5.61. The number of hydrogen-bond donors (Lipinski definition) is 1. The number of amides is 1. The van der Waals surface area contributed by atoms with Crippen LogP contribution in [0.5, 0.6) is 5.75 Å². The van der Waals surface area contributed by atoms with Crippen LogP contribution in [0.25, 0.3) is 0 Å². The van der Waals surface area contributed by atoms with Crippen molar-refractivity contribution in [2.24, 2.45) is 5.92 Å². The lowest BCUT2D eigenvalue weighted by molar-refractivity contribution is -0.120. The van der Waals surface area contributed by atoms with Crippen molar-refractivity contribution in [2.75, 3.05) is 36.5 Å². The van der Waals surface area contributed by atoms with Crippen LogP contribution >= 0.6 is 0 Å². The Hall–Kier alpha value is -2.60. The van der Waals surface area contributed by atoms with Gasteiger partial charge in [0.2, 0.25) is 5.91 Å². The Morgan fingerprint density at radius 2 is 2.03 bits per heavy atom. The number of nitrogens with zero attached hydrogens (tertiary/aromatic N) is 2. The first kappa shape index (κ1) is 19.7. The van der Waals surface area contributed by atoms with Crippen molar-refractivity contribution in [1.82, 2.24) is 4.98 Å². The smallest absolute Gasteiger partial charge is 0.229 e. The van der Waals surface area contributed by atoms with Crippen molar-refractivity contribution in [1.29, 1.82) is 0 Å². The second-order valence-electron chi connectivity index (χ2n) is 7.76. The van der Waals surface area contributed by atoms with E-state index in [4.69, 9.17) is 9.47 Å². The molecule has 1 amide bonds. The molecule has 6 nitrogen and oxygen atoms in total. The van der Waals surface area contributed by atoms with Crippen molar-refractivity contribution in [2.45, 2.75) is 38.2 Å². The summed E-state index contributed by atoms with van der Waals surface area (Å²) in [7, 11) is 0. The van der Waals surface area contributed by atoms with Gasteiger partial charge in [0.25, 0.3) is 0 Å². The molecule has 2 atom stereocenters. The molecule has 0 unspecified atom stereocenters. The molecule has 0 radical (unpaired) electrons. The van der Waals surface area contributed by atoms with E-state index in [0.29, 0.717) is 18.9 Å². The minimum atomic E-state index is -0.0690. The number of ether oxygens (including phenoxy) is 2. The van der Waals surface area contributed by atoms with Crippen molar-refractivity contribution in [3.05, 3.63) is 48.7 Å². The number of benzene rings is 1. The number of carbonyl (C=O) groups excluding carboxylic acids is 1. The molecule has 2 aliphatic rings. The van der Waals surface area contributed by atoms with E-state index >= 15 is 0 Å². The predicted octanol–water partition coefficient (Wildman–Crippen LogP) is 3.88. The van der Waals surface area contributed by atoms with E-state index in [0.717, 1.165) is 50.3 Å². The number of aromatic nitrogens is 1. The summed E-state index contributed by atoms with van der Waals surface area (Å²) in [4.78, 5) is 19.6. The van der Waals surface area contributed by atoms with Gasteiger partial charge in [0, 0.05) is 25.9 Å². The average Bonchev–Trinajstić information content (AvgIpc) is 2.80. The zero-order chi connectivity index (χ0) is 19.9. The molecule has 0 spiro atoms. The van der Waals surface area contributed by atoms with Crippen LogP contribution in [-0.4, -0.2) is 43.3 Å². The van der Waals surface area contributed by atoms with Gasteiger partial charge in [0.1, 0.15) is 18.2 Å². The van der Waals surface area contributed by atoms with Crippen LogP contribution < -0.4 is 15.0 Å². The van der Waals surface area contributed by atoms with Gasteiger partial charge in [-0.1, -0.05) is 18.2 Å².